The lowest BCUT2D eigenvalue weighted by Crippen LogP contribution is -2.58. The molecule has 10 atom stereocenters. The molecule has 43 heavy (non-hydrogen) atoms. The molecule has 0 aromatic carbocycles. The third kappa shape index (κ3) is 5.73. The highest BCUT2D eigenvalue weighted by molar-refractivity contribution is 8.00. The molecule has 4 aromatic heterocycles. The molecule has 0 radical (unpaired) electrons. The number of hydrogen-bond acceptors (Lipinski definition) is 17. The Bertz CT molecular complexity index is 1380. The lowest BCUT2D eigenvalue weighted by molar-refractivity contribution is -0.189. The van der Waals surface area contributed by atoms with E-state index in [1.165, 1.54) is 59.2 Å². The number of aliphatic hydroxyl groups excluding tert-OH is 6. The van der Waals surface area contributed by atoms with Crippen LogP contribution in [-0.2, 0) is 9.47 Å². The Hall–Kier alpha value is -3.53. The van der Waals surface area contributed by atoms with Crippen molar-refractivity contribution in [2.75, 3.05) is 13.2 Å². The van der Waals surface area contributed by atoms with Crippen molar-refractivity contribution in [1.29, 1.82) is 0 Å². The van der Waals surface area contributed by atoms with Gasteiger partial charge in [0.2, 0.25) is 0 Å². The zero-order valence-corrected chi connectivity index (χ0v) is 23.0. The van der Waals surface area contributed by atoms with Gasteiger partial charge in [-0.05, 0) is 0 Å². The van der Waals surface area contributed by atoms with Crippen molar-refractivity contribution in [2.45, 2.75) is 59.6 Å². The number of rotatable bonds is 8. The molecule has 228 valence electrons. The maximum Gasteiger partial charge on any atom is 0.134 e. The minimum Gasteiger partial charge on any atom is -0.394 e. The minimum atomic E-state index is -1.44. The number of hydrogen-bond donors (Lipinski definition) is 6. The second-order valence-electron chi connectivity index (χ2n) is 9.95. The van der Waals surface area contributed by atoms with Crippen LogP contribution in [0.2, 0.25) is 0 Å². The average Bonchev–Trinajstić information content (AvgIpc) is 3.72. The van der Waals surface area contributed by atoms with Gasteiger partial charge in [-0.15, -0.1) is 10.2 Å². The average molecular weight is 617 g/mol. The Morgan fingerprint density at radius 1 is 0.628 bits per heavy atom. The summed E-state index contributed by atoms with van der Waals surface area (Å²) in [5.41, 5.74) is -0.437. The summed E-state index contributed by atoms with van der Waals surface area (Å²) in [5, 5.41) is 80.9. The van der Waals surface area contributed by atoms with E-state index in [1.54, 1.807) is 0 Å². The predicted molar refractivity (Wildman–Crippen MR) is 143 cm³/mol. The maximum absolute atomic E-state index is 11.4. The van der Waals surface area contributed by atoms with Gasteiger partial charge in [-0.25, -0.2) is 29.3 Å². The second kappa shape index (κ2) is 12.6. The van der Waals surface area contributed by atoms with Gasteiger partial charge in [0.25, 0.3) is 0 Å². The van der Waals surface area contributed by atoms with Crippen molar-refractivity contribution in [3.05, 3.63) is 49.8 Å². The van der Waals surface area contributed by atoms with E-state index in [0.29, 0.717) is 22.5 Å². The van der Waals surface area contributed by atoms with E-state index >= 15 is 0 Å². The van der Waals surface area contributed by atoms with Crippen molar-refractivity contribution in [1.82, 2.24) is 49.9 Å². The van der Waals surface area contributed by atoms with Gasteiger partial charge in [-0.2, -0.15) is 0 Å². The molecule has 2 aliphatic rings. The van der Waals surface area contributed by atoms with Crippen LogP contribution in [0.15, 0.2) is 49.8 Å². The summed E-state index contributed by atoms with van der Waals surface area (Å²) in [6.07, 6.45) is 3.93. The van der Waals surface area contributed by atoms with Gasteiger partial charge in [-0.1, -0.05) is 22.2 Å². The Morgan fingerprint density at radius 2 is 1.02 bits per heavy atom. The van der Waals surface area contributed by atoms with E-state index in [9.17, 15) is 30.6 Å². The first-order valence-electron chi connectivity index (χ1n) is 13.1. The number of nitrogens with zero attached hydrogens (tertiary/aromatic N) is 10. The molecule has 6 heterocycles. The van der Waals surface area contributed by atoms with E-state index in [0.717, 1.165) is 11.8 Å². The molecule has 0 bridgehead atoms. The number of thioether (sulfide) groups is 1. The fourth-order valence-corrected chi connectivity index (χ4v) is 6.41. The maximum atomic E-state index is 11.4. The molecular formula is C24H28N10O8S. The first kappa shape index (κ1) is 29.5. The normalized spacial score (nSPS) is 33.0. The fourth-order valence-electron chi connectivity index (χ4n) is 5.09. The number of aromatic nitrogens is 10. The summed E-state index contributed by atoms with van der Waals surface area (Å²) in [4.78, 5) is 15.8. The fraction of sp³-hybridized carbons (Fsp3) is 0.500. The molecule has 0 aliphatic carbocycles. The van der Waals surface area contributed by atoms with Gasteiger partial charge >= 0.3 is 0 Å². The van der Waals surface area contributed by atoms with Crippen LogP contribution < -0.4 is 0 Å². The second-order valence-corrected chi connectivity index (χ2v) is 11.2. The first-order chi connectivity index (χ1) is 20.9. The Labute approximate surface area is 247 Å². The van der Waals surface area contributed by atoms with Gasteiger partial charge in [0.1, 0.15) is 83.6 Å². The van der Waals surface area contributed by atoms with Crippen molar-refractivity contribution in [3.63, 3.8) is 0 Å². The SMILES string of the molecule is OCC1OC(S[C@@H]2O[C@H](CO)C(O)C(n3cc(-c4cncnc4)nn3)C2O)[C@@H](O)C(n2cc(-c3cncnc3)nn2)C1O. The van der Waals surface area contributed by atoms with Crippen molar-refractivity contribution in [2.24, 2.45) is 0 Å². The molecule has 18 nitrogen and oxygen atoms in total. The van der Waals surface area contributed by atoms with E-state index in [-0.39, 0.29) is 0 Å². The van der Waals surface area contributed by atoms with Gasteiger partial charge in [-0.3, -0.25) is 0 Å². The van der Waals surface area contributed by atoms with E-state index in [4.69, 9.17) is 9.47 Å². The molecule has 2 aliphatic heterocycles. The van der Waals surface area contributed by atoms with Crippen LogP contribution in [0.5, 0.6) is 0 Å². The topological polar surface area (TPSA) is 253 Å². The van der Waals surface area contributed by atoms with Crippen molar-refractivity contribution in [3.8, 4) is 22.5 Å². The van der Waals surface area contributed by atoms with Gasteiger partial charge in [0, 0.05) is 35.9 Å². The van der Waals surface area contributed by atoms with Crippen molar-refractivity contribution < 1.29 is 40.1 Å². The summed E-state index contributed by atoms with van der Waals surface area (Å²) in [6, 6.07) is -2.23. The third-order valence-electron chi connectivity index (χ3n) is 7.31. The predicted octanol–water partition coefficient (Wildman–Crippen LogP) is -2.82. The summed E-state index contributed by atoms with van der Waals surface area (Å²) in [7, 11) is 0. The molecule has 19 heteroatoms. The molecular weight excluding hydrogens is 588 g/mol. The minimum absolute atomic E-state index is 0.388. The molecule has 4 aromatic rings. The molecule has 2 saturated heterocycles. The smallest absolute Gasteiger partial charge is 0.134 e. The standard InChI is InChI=1S/C24H28N10O8S/c35-7-15-19(37)17(33-5-13(29-31-33)11-1-25-9-26-2-11)21(39)23(41-15)43-24-22(40)18(20(38)16(8-36)42-24)34-6-14(30-32-34)12-3-27-10-28-4-12/h1-6,9-10,15-24,35-40H,7-8H2/t15-,16?,17?,18?,19?,20?,21?,22+,23+,24?/m1/s1. The first-order valence-corrected chi connectivity index (χ1v) is 14.1. The largest absolute Gasteiger partial charge is 0.394 e. The third-order valence-corrected chi connectivity index (χ3v) is 8.63. The number of aliphatic hydroxyl groups is 6. The summed E-state index contributed by atoms with van der Waals surface area (Å²) >= 11 is 0.851. The van der Waals surface area contributed by atoms with Crippen LogP contribution in [0.25, 0.3) is 22.5 Å². The van der Waals surface area contributed by atoms with E-state index in [1.807, 2.05) is 0 Å². The monoisotopic (exact) mass is 616 g/mol. The van der Waals surface area contributed by atoms with Crippen LogP contribution in [0, 0.1) is 0 Å². The number of ether oxygens (including phenoxy) is 2. The van der Waals surface area contributed by atoms with E-state index < -0.39 is 72.8 Å². The molecule has 6 rings (SSSR count). The van der Waals surface area contributed by atoms with Gasteiger partial charge in [0.05, 0.1) is 25.6 Å². The van der Waals surface area contributed by atoms with Crippen LogP contribution in [0.3, 0.4) is 0 Å². The molecule has 6 N–H and O–H groups in total. The van der Waals surface area contributed by atoms with Gasteiger partial charge in [0.15, 0.2) is 0 Å². The van der Waals surface area contributed by atoms with Crippen LogP contribution in [0.4, 0.5) is 0 Å². The summed E-state index contributed by atoms with van der Waals surface area (Å²) in [5.74, 6) is 0. The molecule has 0 saturated carbocycles. The van der Waals surface area contributed by atoms with Crippen molar-refractivity contribution >= 4 is 11.8 Å². The Morgan fingerprint density at radius 3 is 1.40 bits per heavy atom. The highest BCUT2D eigenvalue weighted by atomic mass is 32.2. The van der Waals surface area contributed by atoms with Crippen LogP contribution in [0.1, 0.15) is 12.1 Å². The lowest BCUT2D eigenvalue weighted by atomic mass is 9.97. The zero-order chi connectivity index (χ0) is 30.1. The van der Waals surface area contributed by atoms with Gasteiger partial charge < -0.3 is 40.1 Å². The lowest BCUT2D eigenvalue weighted by Gasteiger charge is -2.46. The van der Waals surface area contributed by atoms with Crippen LogP contribution in [-0.4, -0.2) is 141 Å². The molecule has 2 fully saturated rings. The highest BCUT2D eigenvalue weighted by Crippen LogP contribution is 2.42. The molecule has 7 unspecified atom stereocenters. The van der Waals surface area contributed by atoms with E-state index in [2.05, 4.69) is 40.6 Å². The molecule has 0 amide bonds. The summed E-state index contributed by atoms with van der Waals surface area (Å²) in [6.45, 7) is -1.18. The Kier molecular flexibility index (Phi) is 8.66. The highest BCUT2D eigenvalue weighted by Gasteiger charge is 2.51. The van der Waals surface area contributed by atoms with Crippen LogP contribution >= 0.6 is 11.8 Å². The zero-order valence-electron chi connectivity index (χ0n) is 22.2. The molecule has 0 spiro atoms. The summed E-state index contributed by atoms with van der Waals surface area (Å²) < 4.78 is 14.2. The quantitative estimate of drug-likeness (QED) is 0.117. The Balaban J connectivity index is 1.25.